The predicted octanol–water partition coefficient (Wildman–Crippen LogP) is 5.82. The molecule has 6 aromatic rings. The lowest BCUT2D eigenvalue weighted by atomic mass is 9.62. The van der Waals surface area contributed by atoms with Crippen LogP contribution < -0.4 is 10.9 Å². The Hall–Kier alpha value is -4.44. The summed E-state index contributed by atoms with van der Waals surface area (Å²) in [5.41, 5.74) is 1.93. The quantitative estimate of drug-likeness (QED) is 0.0672. The Kier molecular flexibility index (Phi) is 10.9. The second-order valence-electron chi connectivity index (χ2n) is 15.1. The normalized spacial score (nSPS) is 19.8. The van der Waals surface area contributed by atoms with Gasteiger partial charge in [0.25, 0.3) is 0 Å². The van der Waals surface area contributed by atoms with E-state index in [-0.39, 0.29) is 29.4 Å². The molecule has 8 rings (SSSR count). The average molecular weight is 783 g/mol. The Morgan fingerprint density at radius 1 is 1.02 bits per heavy atom. The van der Waals surface area contributed by atoms with Crippen LogP contribution in [0.3, 0.4) is 0 Å². The highest BCUT2D eigenvalue weighted by Gasteiger charge is 2.50. The SMILES string of the molecule is O=C(OC1CC2(CCCN(CCCCn3nnc4cc(CNC[C@H](O)c5ccc(O)c6[nH]c(=O)ccc56)ccc43)CC2)C1)C(O)(c1cccs1)c1cccs1. The molecule has 0 bridgehead atoms. The number of carbonyl (C=O) groups is 1. The third-order valence-corrected chi connectivity index (χ3v) is 13.3. The number of phenolic OH excluding ortho intramolecular Hbond substituents is 1. The molecular weight excluding hydrogens is 737 g/mol. The van der Waals surface area contributed by atoms with Gasteiger partial charge in [0.2, 0.25) is 11.2 Å². The van der Waals surface area contributed by atoms with E-state index in [1.807, 2.05) is 33.6 Å². The Bertz CT molecular complexity index is 2260. The summed E-state index contributed by atoms with van der Waals surface area (Å²) < 4.78 is 7.95. The molecule has 0 radical (unpaired) electrons. The molecular formula is C41H46N6O6S2. The van der Waals surface area contributed by atoms with Gasteiger partial charge in [-0.25, -0.2) is 9.48 Å². The number of thiophene rings is 2. The number of likely N-dealkylation sites (tertiary alicyclic amines) is 1. The van der Waals surface area contributed by atoms with Gasteiger partial charge < -0.3 is 35.3 Å². The molecule has 288 valence electrons. The first kappa shape index (κ1) is 37.5. The zero-order chi connectivity index (χ0) is 38.0. The lowest BCUT2D eigenvalue weighted by molar-refractivity contribution is -0.179. The maximum Gasteiger partial charge on any atom is 0.349 e. The van der Waals surface area contributed by atoms with Crippen LogP contribution in [-0.2, 0) is 28.2 Å². The fourth-order valence-electron chi connectivity index (χ4n) is 8.36. The van der Waals surface area contributed by atoms with E-state index in [1.165, 1.54) is 34.8 Å². The number of aryl methyl sites for hydroxylation is 1. The molecule has 12 nitrogen and oxygen atoms in total. The minimum Gasteiger partial charge on any atom is -0.506 e. The van der Waals surface area contributed by atoms with Crippen molar-refractivity contribution in [2.45, 2.75) is 75.8 Å². The Labute approximate surface area is 326 Å². The van der Waals surface area contributed by atoms with Gasteiger partial charge in [-0.1, -0.05) is 29.5 Å². The molecule has 0 unspecified atom stereocenters. The number of aromatic hydroxyl groups is 1. The van der Waals surface area contributed by atoms with Crippen molar-refractivity contribution in [2.24, 2.45) is 5.41 Å². The first-order chi connectivity index (χ1) is 26.7. The standard InChI is InChI=1S/C41H46N6O6S2/c48-33-12-9-29(30-10-13-37(50)43-38(30)33)34(49)26-42-25-27-8-11-32-31(22-27)44-45-47(32)18-2-1-16-46-17-5-14-40(15-19-46)23-28(24-40)53-39(51)41(52,35-6-3-20-54-35)36-7-4-21-55-36/h3-4,6-13,20-22,28,34,42,48-49,52H,1-2,5,14-19,23-26H2,(H,43,50)/t28?,34-,40?/m0/s1. The number of aliphatic hydroxyl groups is 2. The highest BCUT2D eigenvalue weighted by atomic mass is 32.1. The van der Waals surface area contributed by atoms with Crippen LogP contribution in [0.4, 0.5) is 0 Å². The first-order valence-electron chi connectivity index (χ1n) is 19.0. The van der Waals surface area contributed by atoms with Gasteiger partial charge in [-0.15, -0.1) is 27.8 Å². The smallest absolute Gasteiger partial charge is 0.349 e. The summed E-state index contributed by atoms with van der Waals surface area (Å²) in [4.78, 5) is 31.5. The van der Waals surface area contributed by atoms with E-state index in [0.717, 1.165) is 87.7 Å². The number of rotatable bonds is 14. The van der Waals surface area contributed by atoms with E-state index in [4.69, 9.17) is 4.74 Å². The second-order valence-corrected chi connectivity index (χ2v) is 17.0. The zero-order valence-corrected chi connectivity index (χ0v) is 32.2. The summed E-state index contributed by atoms with van der Waals surface area (Å²) in [6.45, 7) is 4.77. The average Bonchev–Trinajstić information content (AvgIpc) is 3.96. The van der Waals surface area contributed by atoms with E-state index in [2.05, 4.69) is 37.6 Å². The molecule has 2 aromatic carbocycles. The number of pyridine rings is 1. The van der Waals surface area contributed by atoms with Gasteiger partial charge in [0.1, 0.15) is 17.4 Å². The van der Waals surface area contributed by atoms with Crippen LogP contribution in [0.1, 0.15) is 71.9 Å². The minimum absolute atomic E-state index is 0.0356. The van der Waals surface area contributed by atoms with Gasteiger partial charge in [-0.05, 0) is 128 Å². The molecule has 5 heterocycles. The number of aromatic amines is 1. The maximum absolute atomic E-state index is 13.4. The van der Waals surface area contributed by atoms with Crippen LogP contribution in [0.2, 0.25) is 0 Å². The summed E-state index contributed by atoms with van der Waals surface area (Å²) in [6, 6.07) is 19.6. The number of benzene rings is 2. The molecule has 1 atom stereocenters. The van der Waals surface area contributed by atoms with Gasteiger partial charge in [-0.3, -0.25) is 4.79 Å². The molecule has 1 saturated carbocycles. The van der Waals surface area contributed by atoms with Crippen LogP contribution in [0, 0.1) is 5.41 Å². The van der Waals surface area contributed by atoms with Crippen molar-refractivity contribution in [3.05, 3.63) is 109 Å². The fraction of sp³-hybridized carbons (Fsp3) is 0.415. The number of esters is 1. The maximum atomic E-state index is 13.4. The lowest BCUT2D eigenvalue weighted by Gasteiger charge is -2.47. The number of ether oxygens (including phenoxy) is 1. The number of carbonyl (C=O) groups excluding carboxylic acids is 1. The van der Waals surface area contributed by atoms with E-state index in [0.29, 0.717) is 32.8 Å². The van der Waals surface area contributed by atoms with Crippen molar-refractivity contribution in [3.63, 3.8) is 0 Å². The van der Waals surface area contributed by atoms with E-state index >= 15 is 0 Å². The molecule has 4 aromatic heterocycles. The number of nitrogens with one attached hydrogen (secondary N) is 2. The molecule has 5 N–H and O–H groups in total. The topological polar surface area (TPSA) is 166 Å². The molecule has 1 spiro atoms. The minimum atomic E-state index is -1.75. The molecule has 1 aliphatic carbocycles. The number of unbranched alkanes of at least 4 members (excludes halogenated alkanes) is 1. The van der Waals surface area contributed by atoms with Crippen LogP contribution in [-0.4, -0.2) is 78.4 Å². The lowest BCUT2D eigenvalue weighted by Crippen LogP contribution is -2.47. The van der Waals surface area contributed by atoms with E-state index in [9.17, 15) is 24.9 Å². The number of aromatic nitrogens is 4. The number of hydrogen-bond acceptors (Lipinski definition) is 12. The molecule has 1 aliphatic heterocycles. The van der Waals surface area contributed by atoms with Gasteiger partial charge in [0.15, 0.2) is 0 Å². The van der Waals surface area contributed by atoms with Gasteiger partial charge >= 0.3 is 5.97 Å². The third-order valence-electron chi connectivity index (χ3n) is 11.4. The Morgan fingerprint density at radius 2 is 1.80 bits per heavy atom. The number of hydrogen-bond donors (Lipinski definition) is 5. The van der Waals surface area contributed by atoms with Crippen molar-refractivity contribution in [1.82, 2.24) is 30.2 Å². The van der Waals surface area contributed by atoms with Crippen LogP contribution >= 0.6 is 22.7 Å². The molecule has 1 saturated heterocycles. The summed E-state index contributed by atoms with van der Waals surface area (Å²) in [7, 11) is 0. The van der Waals surface area contributed by atoms with E-state index in [1.54, 1.807) is 24.3 Å². The van der Waals surface area contributed by atoms with Crippen molar-refractivity contribution in [2.75, 3.05) is 26.2 Å². The van der Waals surface area contributed by atoms with Gasteiger partial charge in [-0.2, -0.15) is 0 Å². The van der Waals surface area contributed by atoms with Crippen LogP contribution in [0.15, 0.2) is 82.3 Å². The van der Waals surface area contributed by atoms with Crippen molar-refractivity contribution < 1.29 is 24.9 Å². The van der Waals surface area contributed by atoms with Gasteiger partial charge in [0, 0.05) is 31.1 Å². The monoisotopic (exact) mass is 782 g/mol. The Morgan fingerprint density at radius 3 is 2.56 bits per heavy atom. The largest absolute Gasteiger partial charge is 0.506 e. The number of nitrogens with zero attached hydrogens (tertiary/aromatic N) is 4. The van der Waals surface area contributed by atoms with E-state index < -0.39 is 17.7 Å². The second kappa shape index (κ2) is 16.0. The molecule has 2 aliphatic rings. The molecule has 14 heteroatoms. The number of fused-ring (bicyclic) bond motifs is 2. The highest BCUT2D eigenvalue weighted by Crippen LogP contribution is 2.51. The Balaban J connectivity index is 0.767. The fourth-order valence-corrected chi connectivity index (χ4v) is 10.1. The molecule has 2 fully saturated rings. The summed E-state index contributed by atoms with van der Waals surface area (Å²) >= 11 is 2.73. The third kappa shape index (κ3) is 7.84. The first-order valence-corrected chi connectivity index (χ1v) is 20.8. The summed E-state index contributed by atoms with van der Waals surface area (Å²) in [5, 5.41) is 49.1. The summed E-state index contributed by atoms with van der Waals surface area (Å²) in [6.07, 6.45) is 6.16. The van der Waals surface area contributed by atoms with Crippen LogP contribution in [0.5, 0.6) is 5.75 Å². The predicted molar refractivity (Wildman–Crippen MR) is 213 cm³/mol. The van der Waals surface area contributed by atoms with Crippen molar-refractivity contribution >= 4 is 50.6 Å². The van der Waals surface area contributed by atoms with Crippen molar-refractivity contribution in [3.8, 4) is 5.75 Å². The highest BCUT2D eigenvalue weighted by molar-refractivity contribution is 7.12. The van der Waals surface area contributed by atoms with Crippen molar-refractivity contribution in [1.29, 1.82) is 0 Å². The zero-order valence-electron chi connectivity index (χ0n) is 30.5. The molecule has 55 heavy (non-hydrogen) atoms. The number of phenols is 1. The number of H-pyrrole nitrogens is 1. The molecule has 0 amide bonds. The number of aliphatic hydroxyl groups excluding tert-OH is 1. The van der Waals surface area contributed by atoms with Crippen LogP contribution in [0.25, 0.3) is 21.9 Å². The summed E-state index contributed by atoms with van der Waals surface area (Å²) in [5.74, 6) is -0.605. The van der Waals surface area contributed by atoms with Gasteiger partial charge in [0.05, 0.1) is 26.9 Å².